The van der Waals surface area contributed by atoms with E-state index in [1.807, 2.05) is 19.1 Å². The maximum Gasteiger partial charge on any atom is 0.151 e. The third kappa shape index (κ3) is 2.97. The van der Waals surface area contributed by atoms with Crippen LogP contribution in [0.3, 0.4) is 0 Å². The van der Waals surface area contributed by atoms with Gasteiger partial charge in [-0.3, -0.25) is 0 Å². The number of hydrogen-bond donors (Lipinski definition) is 0. The van der Waals surface area contributed by atoms with Crippen molar-refractivity contribution >= 4 is 12.0 Å². The van der Waals surface area contributed by atoms with Crippen molar-refractivity contribution in [2.24, 2.45) is 4.99 Å². The summed E-state index contributed by atoms with van der Waals surface area (Å²) in [6.07, 6.45) is 2.91. The van der Waals surface area contributed by atoms with Crippen LogP contribution in [0.1, 0.15) is 16.7 Å². The Bertz CT molecular complexity index is 545. The van der Waals surface area contributed by atoms with Crippen LogP contribution in [-0.2, 0) is 0 Å². The maximum atomic E-state index is 12.6. The Morgan fingerprint density at radius 2 is 2.00 bits per heavy atom. The van der Waals surface area contributed by atoms with Crippen molar-refractivity contribution in [3.63, 3.8) is 0 Å². The van der Waals surface area contributed by atoms with E-state index in [0.29, 0.717) is 5.82 Å². The van der Waals surface area contributed by atoms with Gasteiger partial charge in [-0.2, -0.15) is 0 Å². The molecular formula is C14H13FN2. The van der Waals surface area contributed by atoms with Crippen LogP contribution >= 0.6 is 0 Å². The monoisotopic (exact) mass is 228 g/mol. The van der Waals surface area contributed by atoms with Gasteiger partial charge >= 0.3 is 0 Å². The van der Waals surface area contributed by atoms with Crippen molar-refractivity contribution in [3.8, 4) is 0 Å². The summed E-state index contributed by atoms with van der Waals surface area (Å²) >= 11 is 0. The molecule has 0 aliphatic rings. The number of halogens is 1. The fraction of sp³-hybridized carbons (Fsp3) is 0.143. The van der Waals surface area contributed by atoms with E-state index in [2.05, 4.69) is 23.0 Å². The van der Waals surface area contributed by atoms with E-state index in [1.54, 1.807) is 12.3 Å². The lowest BCUT2D eigenvalue weighted by atomic mass is 10.1. The summed E-state index contributed by atoms with van der Waals surface area (Å²) in [5.74, 6) is 0.154. The minimum atomic E-state index is -0.351. The maximum absolute atomic E-state index is 12.6. The Kier molecular flexibility index (Phi) is 3.28. The number of benzene rings is 1. The normalized spacial score (nSPS) is 11.0. The van der Waals surface area contributed by atoms with Crippen molar-refractivity contribution in [2.75, 3.05) is 0 Å². The Morgan fingerprint density at radius 1 is 1.18 bits per heavy atom. The van der Waals surface area contributed by atoms with Crippen molar-refractivity contribution in [2.45, 2.75) is 13.8 Å². The highest BCUT2D eigenvalue weighted by atomic mass is 19.1. The number of aryl methyl sites for hydroxylation is 2. The van der Waals surface area contributed by atoms with Gasteiger partial charge in [0.15, 0.2) is 5.82 Å². The molecule has 0 atom stereocenters. The SMILES string of the molecule is Cc1ccc(C=Nc2ccc(F)cn2)c(C)c1. The molecule has 0 saturated heterocycles. The zero-order chi connectivity index (χ0) is 12.3. The van der Waals surface area contributed by atoms with Crippen LogP contribution in [0.2, 0.25) is 0 Å². The van der Waals surface area contributed by atoms with Gasteiger partial charge in [-0.05, 0) is 37.1 Å². The first kappa shape index (κ1) is 11.5. The first-order valence-electron chi connectivity index (χ1n) is 5.38. The smallest absolute Gasteiger partial charge is 0.151 e. The highest BCUT2D eigenvalue weighted by molar-refractivity contribution is 5.83. The molecule has 0 aliphatic heterocycles. The molecule has 1 aromatic heterocycles. The summed E-state index contributed by atoms with van der Waals surface area (Å²) in [5, 5.41) is 0. The molecule has 1 aromatic carbocycles. The van der Waals surface area contributed by atoms with E-state index in [-0.39, 0.29) is 5.82 Å². The molecule has 86 valence electrons. The topological polar surface area (TPSA) is 25.2 Å². The lowest BCUT2D eigenvalue weighted by molar-refractivity contribution is 0.621. The van der Waals surface area contributed by atoms with Gasteiger partial charge in [-0.15, -0.1) is 0 Å². The Labute approximate surface area is 99.9 Å². The van der Waals surface area contributed by atoms with E-state index in [9.17, 15) is 4.39 Å². The first-order valence-corrected chi connectivity index (χ1v) is 5.38. The molecular weight excluding hydrogens is 215 g/mol. The third-order valence-electron chi connectivity index (χ3n) is 2.47. The van der Waals surface area contributed by atoms with E-state index < -0.39 is 0 Å². The standard InChI is InChI=1S/C14H13FN2/c1-10-3-4-12(11(2)7-10)8-16-14-6-5-13(15)9-17-14/h3-9H,1-2H3. The van der Waals surface area contributed by atoms with Gasteiger partial charge in [0.05, 0.1) is 6.20 Å². The average Bonchev–Trinajstić information content (AvgIpc) is 2.30. The van der Waals surface area contributed by atoms with Gasteiger partial charge in [-0.25, -0.2) is 14.4 Å². The van der Waals surface area contributed by atoms with Crippen molar-refractivity contribution < 1.29 is 4.39 Å². The van der Waals surface area contributed by atoms with Crippen LogP contribution in [0.25, 0.3) is 0 Å². The number of aliphatic imine (C=N–C) groups is 1. The quantitative estimate of drug-likeness (QED) is 0.721. The Hall–Kier alpha value is -2.03. The molecule has 0 aliphatic carbocycles. The highest BCUT2D eigenvalue weighted by Crippen LogP contribution is 2.11. The molecule has 17 heavy (non-hydrogen) atoms. The van der Waals surface area contributed by atoms with Crippen molar-refractivity contribution in [1.29, 1.82) is 0 Å². The van der Waals surface area contributed by atoms with E-state index in [1.165, 1.54) is 11.6 Å². The van der Waals surface area contributed by atoms with Crippen LogP contribution < -0.4 is 0 Å². The van der Waals surface area contributed by atoms with Crippen LogP contribution in [0, 0.1) is 19.7 Å². The van der Waals surface area contributed by atoms with Crippen LogP contribution in [0.15, 0.2) is 41.5 Å². The second kappa shape index (κ2) is 4.87. The number of hydrogen-bond acceptors (Lipinski definition) is 2. The van der Waals surface area contributed by atoms with Crippen LogP contribution in [-0.4, -0.2) is 11.2 Å². The Balaban J connectivity index is 2.23. The number of rotatable bonds is 2. The summed E-state index contributed by atoms with van der Waals surface area (Å²) in [7, 11) is 0. The highest BCUT2D eigenvalue weighted by Gasteiger charge is 1.96. The molecule has 0 fully saturated rings. The molecule has 0 unspecified atom stereocenters. The lowest BCUT2D eigenvalue weighted by Gasteiger charge is -2.00. The predicted molar refractivity (Wildman–Crippen MR) is 67.4 cm³/mol. The summed E-state index contributed by atoms with van der Waals surface area (Å²) in [4.78, 5) is 8.07. The third-order valence-corrected chi connectivity index (χ3v) is 2.47. The van der Waals surface area contributed by atoms with Crippen molar-refractivity contribution in [1.82, 2.24) is 4.98 Å². The molecule has 3 heteroatoms. The second-order valence-corrected chi connectivity index (χ2v) is 3.95. The Morgan fingerprint density at radius 3 is 2.65 bits per heavy atom. The molecule has 0 spiro atoms. The van der Waals surface area contributed by atoms with E-state index in [4.69, 9.17) is 0 Å². The van der Waals surface area contributed by atoms with Gasteiger partial charge in [-0.1, -0.05) is 23.8 Å². The van der Waals surface area contributed by atoms with Crippen molar-refractivity contribution in [3.05, 3.63) is 59.0 Å². The zero-order valence-corrected chi connectivity index (χ0v) is 9.81. The van der Waals surface area contributed by atoms with E-state index in [0.717, 1.165) is 17.3 Å². The van der Waals surface area contributed by atoms with Gasteiger partial charge in [0, 0.05) is 6.21 Å². The summed E-state index contributed by atoms with van der Waals surface area (Å²) in [6.45, 7) is 4.09. The van der Waals surface area contributed by atoms with Gasteiger partial charge in [0.1, 0.15) is 5.82 Å². The zero-order valence-electron chi connectivity index (χ0n) is 9.81. The number of pyridine rings is 1. The minimum absolute atomic E-state index is 0.351. The molecule has 0 N–H and O–H groups in total. The van der Waals surface area contributed by atoms with Gasteiger partial charge < -0.3 is 0 Å². The van der Waals surface area contributed by atoms with E-state index >= 15 is 0 Å². The number of aromatic nitrogens is 1. The first-order chi connectivity index (χ1) is 8.15. The molecule has 2 rings (SSSR count). The second-order valence-electron chi connectivity index (χ2n) is 3.95. The fourth-order valence-corrected chi connectivity index (χ4v) is 1.55. The molecule has 0 saturated carbocycles. The lowest BCUT2D eigenvalue weighted by Crippen LogP contribution is -1.88. The minimum Gasteiger partial charge on any atom is -0.237 e. The molecule has 0 amide bonds. The number of nitrogens with zero attached hydrogens (tertiary/aromatic N) is 2. The molecule has 1 heterocycles. The molecule has 2 aromatic rings. The van der Waals surface area contributed by atoms with Crippen LogP contribution in [0.5, 0.6) is 0 Å². The summed E-state index contributed by atoms with van der Waals surface area (Å²) in [5.41, 5.74) is 3.43. The fourth-order valence-electron chi connectivity index (χ4n) is 1.55. The van der Waals surface area contributed by atoms with Gasteiger partial charge in [0.2, 0.25) is 0 Å². The molecule has 0 bridgehead atoms. The van der Waals surface area contributed by atoms with Crippen LogP contribution in [0.4, 0.5) is 10.2 Å². The predicted octanol–water partition coefficient (Wildman–Crippen LogP) is 3.59. The average molecular weight is 228 g/mol. The summed E-state index contributed by atoms with van der Waals surface area (Å²) in [6, 6.07) is 9.04. The molecule has 2 nitrogen and oxygen atoms in total. The van der Waals surface area contributed by atoms with Gasteiger partial charge in [0.25, 0.3) is 0 Å². The molecule has 0 radical (unpaired) electrons. The largest absolute Gasteiger partial charge is 0.237 e. The summed E-state index contributed by atoms with van der Waals surface area (Å²) < 4.78 is 12.6.